The highest BCUT2D eigenvalue weighted by atomic mass is 32.2. The van der Waals surface area contributed by atoms with Crippen LogP contribution in [0.5, 0.6) is 0 Å². The van der Waals surface area contributed by atoms with E-state index in [9.17, 15) is 18.0 Å². The van der Waals surface area contributed by atoms with Crippen LogP contribution in [0.1, 0.15) is 30.1 Å². The lowest BCUT2D eigenvalue weighted by atomic mass is 9.85. The summed E-state index contributed by atoms with van der Waals surface area (Å²) in [5, 5.41) is 18.1. The summed E-state index contributed by atoms with van der Waals surface area (Å²) in [7, 11) is -3.79. The number of amides is 1. The Balaban J connectivity index is 1.86. The van der Waals surface area contributed by atoms with Gasteiger partial charge in [-0.15, -0.1) is 11.3 Å². The molecule has 128 valence electrons. The maximum Gasteiger partial charge on any atom is 0.317 e. The monoisotopic (exact) mass is 361 g/mol. The van der Waals surface area contributed by atoms with Crippen molar-refractivity contribution >= 4 is 33.2 Å². The van der Waals surface area contributed by atoms with Crippen molar-refractivity contribution in [3.63, 3.8) is 0 Å². The van der Waals surface area contributed by atoms with Crippen molar-refractivity contribution in [2.45, 2.75) is 36.1 Å². The Labute approximate surface area is 138 Å². The summed E-state index contributed by atoms with van der Waals surface area (Å²) in [4.78, 5) is 24.7. The number of carbonyl (C=O) groups is 2. The largest absolute Gasteiger partial charge is 0.480 e. The molecule has 0 atom stereocenters. The first-order chi connectivity index (χ1) is 10.7. The lowest BCUT2D eigenvalue weighted by Gasteiger charge is -2.42. The second-order valence-corrected chi connectivity index (χ2v) is 8.15. The molecule has 1 aromatic rings. The Morgan fingerprint density at radius 1 is 1.48 bits per heavy atom. The van der Waals surface area contributed by atoms with Crippen molar-refractivity contribution in [3.05, 3.63) is 17.0 Å². The van der Waals surface area contributed by atoms with Crippen molar-refractivity contribution in [2.75, 3.05) is 13.1 Å². The number of aliphatic carboxylic acids is 1. The topological polar surface area (TPSA) is 130 Å². The molecule has 2 rings (SSSR count). The zero-order chi connectivity index (χ0) is 17.2. The van der Waals surface area contributed by atoms with Gasteiger partial charge < -0.3 is 10.4 Å². The Morgan fingerprint density at radius 3 is 2.61 bits per heavy atom. The van der Waals surface area contributed by atoms with Crippen LogP contribution in [0.3, 0.4) is 0 Å². The van der Waals surface area contributed by atoms with Gasteiger partial charge in [-0.3, -0.25) is 14.5 Å². The number of hydrogen-bond donors (Lipinski definition) is 3. The van der Waals surface area contributed by atoms with Crippen molar-refractivity contribution in [3.8, 4) is 0 Å². The Morgan fingerprint density at radius 2 is 2.13 bits per heavy atom. The predicted molar refractivity (Wildman–Crippen MR) is 84.9 cm³/mol. The van der Waals surface area contributed by atoms with Crippen molar-refractivity contribution in [1.82, 2.24) is 10.2 Å². The van der Waals surface area contributed by atoms with Gasteiger partial charge in [0.1, 0.15) is 4.21 Å². The van der Waals surface area contributed by atoms with Crippen LogP contribution in [-0.4, -0.2) is 55.5 Å². The number of carboxylic acids is 1. The average molecular weight is 361 g/mol. The Hall–Kier alpha value is -1.49. The summed E-state index contributed by atoms with van der Waals surface area (Å²) in [6.07, 6.45) is 1.36. The second kappa shape index (κ2) is 6.95. The van der Waals surface area contributed by atoms with Gasteiger partial charge in [0.25, 0.3) is 5.91 Å². The Kier molecular flexibility index (Phi) is 5.40. The number of likely N-dealkylation sites (N-methyl/N-ethyl adjacent to an activating group) is 1. The molecule has 10 heteroatoms. The number of carbonyl (C=O) groups excluding carboxylic acids is 1. The van der Waals surface area contributed by atoms with Crippen molar-refractivity contribution in [1.29, 1.82) is 0 Å². The fraction of sp³-hybridized carbons (Fsp3) is 0.538. The summed E-state index contributed by atoms with van der Waals surface area (Å²) in [6.45, 7) is 2.53. The zero-order valence-electron chi connectivity index (χ0n) is 12.6. The van der Waals surface area contributed by atoms with Gasteiger partial charge in [0.05, 0.1) is 12.1 Å². The number of carboxylic acid groups (broad SMARTS) is 1. The van der Waals surface area contributed by atoms with Gasteiger partial charge in [-0.25, -0.2) is 13.6 Å². The fourth-order valence-corrected chi connectivity index (χ4v) is 4.12. The summed E-state index contributed by atoms with van der Waals surface area (Å²) >= 11 is 0.906. The first kappa shape index (κ1) is 17.9. The minimum absolute atomic E-state index is 0.00984. The molecule has 4 N–H and O–H groups in total. The second-order valence-electron chi connectivity index (χ2n) is 5.45. The molecule has 1 aromatic heterocycles. The highest BCUT2D eigenvalue weighted by Crippen LogP contribution is 2.26. The molecular formula is C13H19N3O5S2. The molecule has 1 heterocycles. The molecule has 1 amide bonds. The number of sulfonamides is 1. The van der Waals surface area contributed by atoms with Crippen LogP contribution >= 0.6 is 11.3 Å². The molecule has 23 heavy (non-hydrogen) atoms. The van der Waals surface area contributed by atoms with Crippen LogP contribution in [0.15, 0.2) is 15.7 Å². The van der Waals surface area contributed by atoms with Crippen LogP contribution in [0.25, 0.3) is 0 Å². The molecule has 0 spiro atoms. The summed E-state index contributed by atoms with van der Waals surface area (Å²) in [6, 6.07) is 1.37. The summed E-state index contributed by atoms with van der Waals surface area (Å²) in [5.74, 6) is -1.21. The lowest BCUT2D eigenvalue weighted by Crippen LogP contribution is -2.54. The average Bonchev–Trinajstić information content (AvgIpc) is 2.89. The van der Waals surface area contributed by atoms with Crippen molar-refractivity contribution < 1.29 is 23.1 Å². The summed E-state index contributed by atoms with van der Waals surface area (Å²) < 4.78 is 22.4. The van der Waals surface area contributed by atoms with Gasteiger partial charge in [-0.2, -0.15) is 0 Å². The van der Waals surface area contributed by atoms with E-state index in [0.29, 0.717) is 19.4 Å². The van der Waals surface area contributed by atoms with Gasteiger partial charge in [0.2, 0.25) is 10.0 Å². The van der Waals surface area contributed by atoms with Gasteiger partial charge in [0.15, 0.2) is 0 Å². The van der Waals surface area contributed by atoms with E-state index >= 15 is 0 Å². The minimum Gasteiger partial charge on any atom is -0.480 e. The number of nitrogens with one attached hydrogen (secondary N) is 1. The SMILES string of the molecule is CCN(CC(=O)O)C1CC(NC(=O)c2csc(S(N)(=O)=O)c2)C1. The third-order valence-electron chi connectivity index (χ3n) is 3.83. The first-order valence-electron chi connectivity index (χ1n) is 7.08. The van der Waals surface area contributed by atoms with Crippen LogP contribution in [0.4, 0.5) is 0 Å². The molecule has 0 aliphatic heterocycles. The van der Waals surface area contributed by atoms with Crippen LogP contribution in [-0.2, 0) is 14.8 Å². The van der Waals surface area contributed by atoms with E-state index in [4.69, 9.17) is 10.2 Å². The van der Waals surface area contributed by atoms with Gasteiger partial charge >= 0.3 is 5.97 Å². The number of thiophene rings is 1. The van der Waals surface area contributed by atoms with Gasteiger partial charge in [0, 0.05) is 17.5 Å². The van der Waals surface area contributed by atoms with E-state index in [0.717, 1.165) is 11.3 Å². The third-order valence-corrected chi connectivity index (χ3v) is 6.21. The molecule has 0 aromatic carbocycles. The van der Waals surface area contributed by atoms with E-state index in [1.807, 2.05) is 11.8 Å². The number of primary sulfonamides is 1. The third kappa shape index (κ3) is 4.50. The van der Waals surface area contributed by atoms with Gasteiger partial charge in [-0.05, 0) is 25.5 Å². The number of nitrogens with zero attached hydrogens (tertiary/aromatic N) is 1. The van der Waals surface area contributed by atoms with Crippen molar-refractivity contribution in [2.24, 2.45) is 5.14 Å². The zero-order valence-corrected chi connectivity index (χ0v) is 14.2. The Bertz CT molecular complexity index is 694. The van der Waals surface area contributed by atoms with E-state index in [2.05, 4.69) is 5.32 Å². The van der Waals surface area contributed by atoms with E-state index in [1.54, 1.807) is 0 Å². The van der Waals surface area contributed by atoms with Crippen LogP contribution in [0, 0.1) is 0 Å². The van der Waals surface area contributed by atoms with E-state index in [-0.39, 0.29) is 34.3 Å². The number of nitrogens with two attached hydrogens (primary N) is 1. The standard InChI is InChI=1S/C13H19N3O5S2/c1-2-16(6-11(17)18)10-4-9(5-10)15-13(19)8-3-12(22-7-8)23(14,20)21/h3,7,9-10H,2,4-6H2,1H3,(H,15,19)(H,17,18)(H2,14,20,21). The quantitative estimate of drug-likeness (QED) is 0.630. The molecule has 1 fully saturated rings. The summed E-state index contributed by atoms with van der Waals surface area (Å²) in [5.41, 5.74) is 0.264. The lowest BCUT2D eigenvalue weighted by molar-refractivity contribution is -0.139. The smallest absolute Gasteiger partial charge is 0.317 e. The maximum atomic E-state index is 12.1. The molecule has 8 nitrogen and oxygen atoms in total. The van der Waals surface area contributed by atoms with E-state index in [1.165, 1.54) is 11.4 Å². The van der Waals surface area contributed by atoms with E-state index < -0.39 is 16.0 Å². The highest BCUT2D eigenvalue weighted by molar-refractivity contribution is 7.91. The molecule has 0 unspecified atom stereocenters. The van der Waals surface area contributed by atoms with Crippen LogP contribution in [0.2, 0.25) is 0 Å². The molecule has 1 saturated carbocycles. The van der Waals surface area contributed by atoms with Crippen LogP contribution < -0.4 is 10.5 Å². The predicted octanol–water partition coefficient (Wildman–Crippen LogP) is 0.0628. The highest BCUT2D eigenvalue weighted by Gasteiger charge is 2.34. The molecule has 0 bridgehead atoms. The molecule has 0 saturated heterocycles. The maximum absolute atomic E-state index is 12.1. The fourth-order valence-electron chi connectivity index (χ4n) is 2.53. The normalized spacial score (nSPS) is 21.0. The van der Waals surface area contributed by atoms with Gasteiger partial charge in [-0.1, -0.05) is 6.92 Å². The molecular weight excluding hydrogens is 342 g/mol. The minimum atomic E-state index is -3.79. The number of rotatable bonds is 7. The molecule has 0 radical (unpaired) electrons. The first-order valence-corrected chi connectivity index (χ1v) is 9.51. The molecule has 1 aliphatic rings. The molecule has 1 aliphatic carbocycles. The number of hydrogen-bond acceptors (Lipinski definition) is 6.